The Balaban J connectivity index is 1.66. The number of rotatable bonds is 2. The molecule has 8 heteroatoms. The molecule has 2 aliphatic rings. The van der Waals surface area contributed by atoms with Gasteiger partial charge in [0.05, 0.1) is 0 Å². The van der Waals surface area contributed by atoms with Crippen LogP contribution in [-0.2, 0) is 0 Å². The molecule has 186 valence electrons. The number of phenolic OH excluding ortho intramolecular Hbond substituents is 2. The van der Waals surface area contributed by atoms with Crippen LogP contribution in [0.15, 0.2) is 83.0 Å². The molecule has 40 heavy (non-hydrogen) atoms. The van der Waals surface area contributed by atoms with Crippen LogP contribution in [0.1, 0.15) is 43.0 Å². The second-order valence-corrected chi connectivity index (χ2v) is 8.78. The van der Waals surface area contributed by atoms with Gasteiger partial charge in [0.2, 0.25) is 0 Å². The number of carbonyl (C=O) groups excluding carboxylic acids is 2. The summed E-state index contributed by atoms with van der Waals surface area (Å²) in [6.07, 6.45) is 2.56. The number of carbonyl (C=O) groups is 2. The maximum absolute atomic E-state index is 13.2. The lowest BCUT2D eigenvalue weighted by Crippen LogP contribution is -1.97. The Morgan fingerprint density at radius 1 is 0.575 bits per heavy atom. The zero-order chi connectivity index (χ0) is 28.6. The number of ketones is 2. The number of nitrogens with zero attached hydrogens (tertiary/aromatic N) is 4. The van der Waals surface area contributed by atoms with Gasteiger partial charge in [0, 0.05) is 44.5 Å². The third-order valence-electron chi connectivity index (χ3n) is 6.63. The van der Waals surface area contributed by atoms with E-state index in [0.29, 0.717) is 22.3 Å². The van der Waals surface area contributed by atoms with E-state index in [1.165, 1.54) is 24.3 Å². The van der Waals surface area contributed by atoms with Crippen molar-refractivity contribution in [2.75, 3.05) is 0 Å². The van der Waals surface area contributed by atoms with Gasteiger partial charge >= 0.3 is 0 Å². The van der Waals surface area contributed by atoms with Crippen molar-refractivity contribution in [3.8, 4) is 35.8 Å². The molecule has 0 aliphatic heterocycles. The fourth-order valence-electron chi connectivity index (χ4n) is 4.84. The molecule has 8 nitrogen and oxygen atoms in total. The van der Waals surface area contributed by atoms with E-state index in [4.69, 9.17) is 0 Å². The van der Waals surface area contributed by atoms with Crippen molar-refractivity contribution in [3.63, 3.8) is 0 Å². The zero-order valence-electron chi connectivity index (χ0n) is 20.4. The van der Waals surface area contributed by atoms with Crippen molar-refractivity contribution in [1.82, 2.24) is 0 Å². The summed E-state index contributed by atoms with van der Waals surface area (Å²) in [5, 5.41) is 59.7. The molecule has 0 atom stereocenters. The number of hydrogen-bond acceptors (Lipinski definition) is 8. The Morgan fingerprint density at radius 2 is 0.900 bits per heavy atom. The maximum Gasteiger partial charge on any atom is 0.194 e. The molecule has 3 aromatic carbocycles. The second-order valence-electron chi connectivity index (χ2n) is 8.78. The van der Waals surface area contributed by atoms with Crippen LogP contribution in [-0.4, -0.2) is 21.8 Å². The van der Waals surface area contributed by atoms with E-state index in [1.807, 2.05) is 0 Å². The first kappa shape index (κ1) is 25.2. The van der Waals surface area contributed by atoms with Crippen molar-refractivity contribution in [1.29, 1.82) is 21.0 Å². The molecule has 0 fully saturated rings. The van der Waals surface area contributed by atoms with Gasteiger partial charge in [0.1, 0.15) is 46.9 Å². The largest absolute Gasteiger partial charge is 0.507 e. The number of allylic oxidation sites excluding steroid dienone is 6. The average molecular weight is 518 g/mol. The van der Waals surface area contributed by atoms with Gasteiger partial charge in [0.25, 0.3) is 0 Å². The highest BCUT2D eigenvalue weighted by molar-refractivity contribution is 6.31. The van der Waals surface area contributed by atoms with Crippen molar-refractivity contribution in [3.05, 3.63) is 116 Å². The quantitative estimate of drug-likeness (QED) is 0.263. The summed E-state index contributed by atoms with van der Waals surface area (Å²) in [6.45, 7) is 0. The first-order valence-electron chi connectivity index (χ1n) is 11.7. The van der Waals surface area contributed by atoms with Crippen LogP contribution in [0.5, 0.6) is 11.5 Å². The minimum atomic E-state index is -0.455. The molecule has 2 N–H and O–H groups in total. The Morgan fingerprint density at radius 3 is 1.23 bits per heavy atom. The third kappa shape index (κ3) is 3.83. The lowest BCUT2D eigenvalue weighted by Gasteiger charge is -2.08. The summed E-state index contributed by atoms with van der Waals surface area (Å²) in [4.78, 5) is 26.3. The first-order valence-corrected chi connectivity index (χ1v) is 11.7. The fraction of sp³-hybridized carbons (Fsp3) is 0. The van der Waals surface area contributed by atoms with Crippen LogP contribution in [0.25, 0.3) is 23.3 Å². The number of Topliss-reactive ketones (excluding diaryl/α,β-unsaturated/α-hetero) is 2. The molecule has 2 aliphatic carbocycles. The SMILES string of the molecule is N#CC(C#N)=C1/C(=C/c2cc(O)c(/C=C3\C(=O)c4ccccc4C3=C(C#N)C#N)cc2O)C(=O)c2ccccc21. The van der Waals surface area contributed by atoms with Crippen molar-refractivity contribution in [2.24, 2.45) is 0 Å². The van der Waals surface area contributed by atoms with E-state index in [-0.39, 0.29) is 56.1 Å². The summed E-state index contributed by atoms with van der Waals surface area (Å²) >= 11 is 0. The fourth-order valence-corrected chi connectivity index (χ4v) is 4.84. The normalized spacial score (nSPS) is 15.2. The summed E-state index contributed by atoms with van der Waals surface area (Å²) in [5.74, 6) is -1.65. The van der Waals surface area contributed by atoms with Crippen LogP contribution in [0, 0.1) is 45.3 Å². The van der Waals surface area contributed by atoms with Gasteiger partial charge in [-0.15, -0.1) is 0 Å². The van der Waals surface area contributed by atoms with Crippen LogP contribution < -0.4 is 0 Å². The Kier molecular flexibility index (Phi) is 6.15. The smallest absolute Gasteiger partial charge is 0.194 e. The standard InChI is InChI=1S/C32H14N4O4/c33-13-19(14-34)29-21-5-1-3-7-23(21)31(39)25(29)9-17-11-28(38)18(12-27(17)37)10-26-30(20(15-35)16-36)22-6-2-4-8-24(22)32(26)40/h1-12,37-38H/b25-9-,26-10-. The van der Waals surface area contributed by atoms with Gasteiger partial charge in [-0.25, -0.2) is 0 Å². The van der Waals surface area contributed by atoms with Gasteiger partial charge in [-0.05, 0) is 35.4 Å². The lowest BCUT2D eigenvalue weighted by atomic mass is 9.95. The minimum absolute atomic E-state index is 0.000531. The Hall–Kier alpha value is -6.48. The second kappa shape index (κ2) is 9.77. The third-order valence-corrected chi connectivity index (χ3v) is 6.63. The van der Waals surface area contributed by atoms with Crippen molar-refractivity contribution < 1.29 is 19.8 Å². The van der Waals surface area contributed by atoms with Gasteiger partial charge in [-0.3, -0.25) is 9.59 Å². The number of nitriles is 4. The van der Waals surface area contributed by atoms with Gasteiger partial charge in [-0.2, -0.15) is 21.0 Å². The van der Waals surface area contributed by atoms with E-state index in [2.05, 4.69) is 0 Å². The monoisotopic (exact) mass is 518 g/mol. The topological polar surface area (TPSA) is 170 Å². The lowest BCUT2D eigenvalue weighted by molar-refractivity contribution is 0.103. The van der Waals surface area contributed by atoms with Crippen LogP contribution in [0.4, 0.5) is 0 Å². The summed E-state index contributed by atoms with van der Waals surface area (Å²) in [5.41, 5.74) is 1.14. The van der Waals surface area contributed by atoms with Gasteiger partial charge < -0.3 is 10.2 Å². The van der Waals surface area contributed by atoms with Gasteiger partial charge in [0.15, 0.2) is 11.6 Å². The van der Waals surface area contributed by atoms with Crippen molar-refractivity contribution >= 4 is 34.9 Å². The molecule has 0 saturated carbocycles. The molecule has 0 saturated heterocycles. The molecule has 5 rings (SSSR count). The molecule has 0 bridgehead atoms. The Labute approximate surface area is 227 Å². The van der Waals surface area contributed by atoms with Crippen LogP contribution in [0.3, 0.4) is 0 Å². The Bertz CT molecular complexity index is 1820. The number of aromatic hydroxyl groups is 2. The number of fused-ring (bicyclic) bond motifs is 2. The van der Waals surface area contributed by atoms with Gasteiger partial charge in [-0.1, -0.05) is 48.5 Å². The highest BCUT2D eigenvalue weighted by Crippen LogP contribution is 2.43. The molecule has 3 aromatic rings. The predicted molar refractivity (Wildman–Crippen MR) is 144 cm³/mol. The maximum atomic E-state index is 13.2. The van der Waals surface area contributed by atoms with Crippen LogP contribution in [0.2, 0.25) is 0 Å². The van der Waals surface area contributed by atoms with Crippen molar-refractivity contribution in [2.45, 2.75) is 0 Å². The van der Waals surface area contributed by atoms with E-state index in [0.717, 1.165) is 0 Å². The molecular formula is C32H14N4O4. The molecule has 0 radical (unpaired) electrons. The molecule has 0 amide bonds. The predicted octanol–water partition coefficient (Wildman–Crippen LogP) is 5.26. The highest BCUT2D eigenvalue weighted by atomic mass is 16.3. The number of benzene rings is 3. The number of hydrogen-bond donors (Lipinski definition) is 2. The molecule has 0 unspecified atom stereocenters. The molecule has 0 heterocycles. The van der Waals surface area contributed by atoms with Crippen LogP contribution >= 0.6 is 0 Å². The zero-order valence-corrected chi connectivity index (χ0v) is 20.4. The van der Waals surface area contributed by atoms with E-state index < -0.39 is 11.6 Å². The molecule has 0 aromatic heterocycles. The summed E-state index contributed by atoms with van der Waals surface area (Å²) in [7, 11) is 0. The van der Waals surface area contributed by atoms with E-state index in [9.17, 15) is 40.8 Å². The number of phenols is 2. The molecular weight excluding hydrogens is 504 g/mol. The van der Waals surface area contributed by atoms with E-state index in [1.54, 1.807) is 72.8 Å². The minimum Gasteiger partial charge on any atom is -0.507 e. The first-order chi connectivity index (χ1) is 19.3. The molecule has 0 spiro atoms. The highest BCUT2D eigenvalue weighted by Gasteiger charge is 2.34. The van der Waals surface area contributed by atoms with E-state index >= 15 is 0 Å². The summed E-state index contributed by atoms with van der Waals surface area (Å²) < 4.78 is 0. The average Bonchev–Trinajstić information content (AvgIpc) is 3.40. The summed E-state index contributed by atoms with van der Waals surface area (Å²) in [6, 6.07) is 22.6.